The second-order valence-electron chi connectivity index (χ2n) is 6.85. The number of aromatic hydroxyl groups is 3. The van der Waals surface area contributed by atoms with Crippen LogP contribution in [0.5, 0.6) is 17.2 Å². The van der Waals surface area contributed by atoms with Gasteiger partial charge in [0.05, 0.1) is 17.1 Å². The lowest BCUT2D eigenvalue weighted by atomic mass is 9.72. The van der Waals surface area contributed by atoms with Crippen LogP contribution in [0.1, 0.15) is 11.1 Å². The van der Waals surface area contributed by atoms with E-state index < -0.39 is 51.8 Å². The van der Waals surface area contributed by atoms with Crippen LogP contribution in [0.15, 0.2) is 60.7 Å². The van der Waals surface area contributed by atoms with Crippen LogP contribution in [0.4, 0.5) is 43.4 Å². The van der Waals surface area contributed by atoms with Crippen LogP contribution < -0.4 is 17.2 Å². The standard InChI is InChI=1S/C15H12F6N2O2.C6H7NO/c16-14(17,18)13(15(19,20)21,7-1-3-11(24)9(22)5-7)8-2-4-12(25)10(23)6-8;7-5-3-1-2-4-6(5)8/h1-6,24-25H,22-23H2;1-4,8H,7H2. The monoisotopic (exact) mass is 475 g/mol. The molecule has 0 aliphatic rings. The first-order valence-electron chi connectivity index (χ1n) is 8.97. The number of para-hydroxylation sites is 2. The molecule has 0 saturated carbocycles. The van der Waals surface area contributed by atoms with E-state index in [1.165, 1.54) is 0 Å². The van der Waals surface area contributed by atoms with Crippen molar-refractivity contribution in [1.82, 2.24) is 0 Å². The van der Waals surface area contributed by atoms with Crippen molar-refractivity contribution in [3.8, 4) is 17.2 Å². The zero-order valence-corrected chi connectivity index (χ0v) is 16.6. The Morgan fingerprint density at radius 3 is 1.15 bits per heavy atom. The number of nitrogens with two attached hydrogens (primary N) is 3. The number of hydrogen-bond donors (Lipinski definition) is 6. The normalized spacial score (nSPS) is 12.1. The van der Waals surface area contributed by atoms with Crippen LogP contribution in [0.2, 0.25) is 0 Å². The summed E-state index contributed by atoms with van der Waals surface area (Å²) >= 11 is 0. The highest BCUT2D eigenvalue weighted by atomic mass is 19.4. The fourth-order valence-electron chi connectivity index (χ4n) is 3.05. The van der Waals surface area contributed by atoms with Gasteiger partial charge in [-0.15, -0.1) is 0 Å². The van der Waals surface area contributed by atoms with E-state index in [2.05, 4.69) is 0 Å². The van der Waals surface area contributed by atoms with Crippen LogP contribution in [0, 0.1) is 0 Å². The van der Waals surface area contributed by atoms with Gasteiger partial charge in [-0.2, -0.15) is 26.3 Å². The van der Waals surface area contributed by atoms with Gasteiger partial charge in [-0.3, -0.25) is 0 Å². The molecule has 0 amide bonds. The van der Waals surface area contributed by atoms with Gasteiger partial charge >= 0.3 is 12.4 Å². The van der Waals surface area contributed by atoms with Crippen molar-refractivity contribution in [3.05, 3.63) is 71.8 Å². The second kappa shape index (κ2) is 8.88. The van der Waals surface area contributed by atoms with Crippen molar-refractivity contribution in [2.45, 2.75) is 17.8 Å². The van der Waals surface area contributed by atoms with Gasteiger partial charge < -0.3 is 32.5 Å². The quantitative estimate of drug-likeness (QED) is 0.181. The van der Waals surface area contributed by atoms with Gasteiger partial charge in [0.25, 0.3) is 0 Å². The highest BCUT2D eigenvalue weighted by molar-refractivity contribution is 5.61. The molecule has 3 aromatic carbocycles. The number of nitrogen functional groups attached to an aromatic ring is 3. The lowest BCUT2D eigenvalue weighted by molar-refractivity contribution is -0.288. The van der Waals surface area contributed by atoms with Gasteiger partial charge in [0.15, 0.2) is 0 Å². The van der Waals surface area contributed by atoms with E-state index in [9.17, 15) is 36.6 Å². The summed E-state index contributed by atoms with van der Waals surface area (Å²) in [6.45, 7) is 0. The molecule has 12 heteroatoms. The highest BCUT2D eigenvalue weighted by Gasteiger charge is 2.72. The molecule has 0 aliphatic heterocycles. The summed E-state index contributed by atoms with van der Waals surface area (Å²) in [6.07, 6.45) is -11.6. The van der Waals surface area contributed by atoms with Crippen molar-refractivity contribution in [1.29, 1.82) is 0 Å². The van der Waals surface area contributed by atoms with Gasteiger partial charge in [-0.25, -0.2) is 0 Å². The molecule has 3 aromatic rings. The fraction of sp³-hybridized carbons (Fsp3) is 0.143. The van der Waals surface area contributed by atoms with Gasteiger partial charge in [0, 0.05) is 0 Å². The van der Waals surface area contributed by atoms with Gasteiger partial charge in [-0.1, -0.05) is 24.3 Å². The molecule has 0 radical (unpaired) electrons. The largest absolute Gasteiger partial charge is 0.506 e. The molecule has 0 heterocycles. The highest BCUT2D eigenvalue weighted by Crippen LogP contribution is 2.57. The first kappa shape index (κ1) is 25.3. The summed E-state index contributed by atoms with van der Waals surface area (Å²) in [5.41, 5.74) is 8.02. The van der Waals surface area contributed by atoms with Crippen molar-refractivity contribution >= 4 is 17.1 Å². The van der Waals surface area contributed by atoms with Gasteiger partial charge in [-0.05, 0) is 47.5 Å². The summed E-state index contributed by atoms with van der Waals surface area (Å²) in [5.74, 6) is -1.17. The molecule has 0 spiro atoms. The van der Waals surface area contributed by atoms with Crippen molar-refractivity contribution < 1.29 is 41.7 Å². The smallest absolute Gasteiger partial charge is 0.411 e. The molecule has 178 valence electrons. The maximum atomic E-state index is 13.8. The predicted molar refractivity (Wildman–Crippen MR) is 110 cm³/mol. The third-order valence-electron chi connectivity index (χ3n) is 4.71. The summed E-state index contributed by atoms with van der Waals surface area (Å²) in [6, 6.07) is 9.75. The molecule has 0 unspecified atom stereocenters. The minimum atomic E-state index is -5.82. The number of hydrogen-bond acceptors (Lipinski definition) is 6. The fourth-order valence-corrected chi connectivity index (χ4v) is 3.05. The number of benzene rings is 3. The first-order chi connectivity index (χ1) is 15.1. The van der Waals surface area contributed by atoms with Crippen LogP contribution >= 0.6 is 0 Å². The molecule has 33 heavy (non-hydrogen) atoms. The summed E-state index contributed by atoms with van der Waals surface area (Å²) < 4.78 is 82.7. The molecule has 6 nitrogen and oxygen atoms in total. The molecule has 0 aromatic heterocycles. The molecule has 0 saturated heterocycles. The SMILES string of the molecule is Nc1cc(C(c2ccc(O)c(N)c2)(C(F)(F)F)C(F)(F)F)ccc1O.Nc1ccccc1O. The maximum Gasteiger partial charge on any atom is 0.411 e. The number of phenolic OH excluding ortho intramolecular Hbond substituents is 3. The Morgan fingerprint density at radius 2 is 0.879 bits per heavy atom. The van der Waals surface area contributed by atoms with E-state index in [1.54, 1.807) is 24.3 Å². The van der Waals surface area contributed by atoms with E-state index in [-0.39, 0.29) is 5.75 Å². The van der Waals surface area contributed by atoms with Crippen LogP contribution in [-0.2, 0) is 5.41 Å². The zero-order valence-electron chi connectivity index (χ0n) is 16.6. The minimum absolute atomic E-state index is 0.146. The van der Waals surface area contributed by atoms with E-state index in [0.29, 0.717) is 42.1 Å². The summed E-state index contributed by atoms with van der Waals surface area (Å²) in [7, 11) is 0. The van der Waals surface area contributed by atoms with Crippen molar-refractivity contribution in [2.24, 2.45) is 0 Å². The van der Waals surface area contributed by atoms with E-state index in [0.717, 1.165) is 0 Å². The molecule has 9 N–H and O–H groups in total. The number of halogens is 6. The van der Waals surface area contributed by atoms with E-state index in [4.69, 9.17) is 22.3 Å². The third kappa shape index (κ3) is 4.78. The average Bonchev–Trinajstić information content (AvgIpc) is 2.68. The molecule has 0 atom stereocenters. The second-order valence-corrected chi connectivity index (χ2v) is 6.85. The number of anilines is 3. The number of rotatable bonds is 2. The Hall–Kier alpha value is -3.96. The van der Waals surface area contributed by atoms with Crippen molar-refractivity contribution in [2.75, 3.05) is 17.2 Å². The van der Waals surface area contributed by atoms with Gasteiger partial charge in [0.2, 0.25) is 5.41 Å². The van der Waals surface area contributed by atoms with E-state index in [1.807, 2.05) is 0 Å². The van der Waals surface area contributed by atoms with Crippen LogP contribution in [0.25, 0.3) is 0 Å². The molecule has 0 bridgehead atoms. The number of phenols is 3. The Bertz CT molecular complexity index is 1040. The molecular weight excluding hydrogens is 456 g/mol. The lowest BCUT2D eigenvalue weighted by Gasteiger charge is -2.38. The Labute approximate surface area is 183 Å². The van der Waals surface area contributed by atoms with Crippen molar-refractivity contribution in [3.63, 3.8) is 0 Å². The van der Waals surface area contributed by atoms with E-state index >= 15 is 0 Å². The molecule has 0 aliphatic carbocycles. The first-order valence-corrected chi connectivity index (χ1v) is 8.97. The Morgan fingerprint density at radius 1 is 0.515 bits per heavy atom. The van der Waals surface area contributed by atoms with Crippen LogP contribution in [0.3, 0.4) is 0 Å². The summed E-state index contributed by atoms with van der Waals surface area (Å²) in [4.78, 5) is 0. The Kier molecular flexibility index (Phi) is 6.81. The zero-order chi connectivity index (χ0) is 25.2. The summed E-state index contributed by atoms with van der Waals surface area (Å²) in [5, 5.41) is 27.4. The lowest BCUT2D eigenvalue weighted by Crippen LogP contribution is -2.54. The molecular formula is C21H19F6N3O3. The van der Waals surface area contributed by atoms with Crippen LogP contribution in [-0.4, -0.2) is 27.7 Å². The topological polar surface area (TPSA) is 139 Å². The third-order valence-corrected chi connectivity index (χ3v) is 4.71. The average molecular weight is 475 g/mol. The molecule has 3 rings (SSSR count). The predicted octanol–water partition coefficient (Wildman–Crippen LogP) is 4.65. The minimum Gasteiger partial charge on any atom is -0.506 e. The Balaban J connectivity index is 0.000000405. The molecule has 0 fully saturated rings. The number of alkyl halides is 6. The maximum absolute atomic E-state index is 13.8. The van der Waals surface area contributed by atoms with Gasteiger partial charge in [0.1, 0.15) is 17.2 Å².